The number of H-pyrrole nitrogens is 2. The zero-order valence-corrected chi connectivity index (χ0v) is 22.2. The quantitative estimate of drug-likeness (QED) is 0.318. The fraction of sp³-hybridized carbons (Fsp3) is 0.0357. The molecule has 2 aromatic carbocycles. The third kappa shape index (κ3) is 4.94. The molecule has 0 amide bonds. The van der Waals surface area contributed by atoms with E-state index in [2.05, 4.69) is 41.0 Å². The van der Waals surface area contributed by atoms with Crippen LogP contribution in [-0.4, -0.2) is 38.5 Å². The van der Waals surface area contributed by atoms with E-state index in [0.717, 1.165) is 38.1 Å². The molecule has 0 spiro atoms. The molecule has 0 aliphatic carbocycles. The fourth-order valence-corrected chi connectivity index (χ4v) is 4.48. The van der Waals surface area contributed by atoms with Gasteiger partial charge in [0.05, 0.1) is 42.6 Å². The molecule has 7 rings (SSSR count). The number of aryl methyl sites for hydroxylation is 1. The molecule has 0 atom stereocenters. The number of imidazole rings is 2. The second kappa shape index (κ2) is 10.0. The summed E-state index contributed by atoms with van der Waals surface area (Å²) in [6.45, 7) is 0. The Bertz CT molecular complexity index is 2030. The Morgan fingerprint density at radius 3 is 1.62 bits per heavy atom. The molecule has 2 N–H and O–H groups in total. The van der Waals surface area contributed by atoms with Gasteiger partial charge >= 0.3 is 0 Å². The average Bonchev–Trinajstić information content (AvgIpc) is 3.71. The third-order valence-electron chi connectivity index (χ3n) is 6.22. The van der Waals surface area contributed by atoms with E-state index < -0.39 is 0 Å². The maximum atomic E-state index is 12.0. The zero-order valence-electron chi connectivity index (χ0n) is 20.6. The largest absolute Gasteiger partial charge is 0.319 e. The lowest BCUT2D eigenvalue weighted by molar-refractivity contribution is 0.768. The van der Waals surface area contributed by atoms with Crippen LogP contribution < -0.4 is 11.1 Å². The van der Waals surface area contributed by atoms with Crippen LogP contribution in [0.15, 0.2) is 112 Å². The molecule has 7 aromatic rings. The van der Waals surface area contributed by atoms with E-state index in [9.17, 15) is 9.59 Å². The van der Waals surface area contributed by atoms with E-state index in [4.69, 9.17) is 0 Å². The molecule has 0 fully saturated rings. The van der Waals surface area contributed by atoms with Crippen molar-refractivity contribution in [3.05, 3.63) is 124 Å². The van der Waals surface area contributed by atoms with Crippen molar-refractivity contribution in [1.29, 1.82) is 0 Å². The maximum absolute atomic E-state index is 12.0. The van der Waals surface area contributed by atoms with Crippen molar-refractivity contribution in [1.82, 2.24) is 38.5 Å². The molecule has 0 aliphatic heterocycles. The molecule has 10 nitrogen and oxygen atoms in total. The van der Waals surface area contributed by atoms with Crippen LogP contribution in [0.3, 0.4) is 0 Å². The molecule has 0 saturated carbocycles. The Morgan fingerprint density at radius 2 is 1.13 bits per heavy atom. The molecule has 39 heavy (non-hydrogen) atoms. The summed E-state index contributed by atoms with van der Waals surface area (Å²) in [5.41, 5.74) is 6.38. The van der Waals surface area contributed by atoms with Crippen molar-refractivity contribution in [2.24, 2.45) is 7.05 Å². The second-order valence-electron chi connectivity index (χ2n) is 8.85. The third-order valence-corrected chi connectivity index (χ3v) is 6.75. The Hall–Kier alpha value is -5.03. The standard InChI is InChI=1S/C16H13N5O.C12H8BrN3O/c1-20-8-13(6-18-20)11-2-4-12(5-3-11)14-9-21-10-17-7-15(21)16(22)19-14;13-9-3-1-8(2-4-9)10-6-16-7-14-5-11(16)12(17)15-10/h2-10H,1H3,(H,19,22);1-7H,(H,15,17). The summed E-state index contributed by atoms with van der Waals surface area (Å²) in [4.78, 5) is 37.4. The first-order valence-corrected chi connectivity index (χ1v) is 12.7. The molecule has 192 valence electrons. The number of halogens is 1. The summed E-state index contributed by atoms with van der Waals surface area (Å²) in [5, 5.41) is 4.17. The van der Waals surface area contributed by atoms with Gasteiger partial charge in [0, 0.05) is 35.7 Å². The summed E-state index contributed by atoms with van der Waals surface area (Å²) < 4.78 is 6.22. The highest BCUT2D eigenvalue weighted by Crippen LogP contribution is 2.23. The van der Waals surface area contributed by atoms with E-state index in [0.29, 0.717) is 11.0 Å². The molecule has 0 unspecified atom stereocenters. The van der Waals surface area contributed by atoms with Crippen molar-refractivity contribution >= 4 is 27.0 Å². The predicted molar refractivity (Wildman–Crippen MR) is 152 cm³/mol. The van der Waals surface area contributed by atoms with Gasteiger partial charge in [0.1, 0.15) is 11.0 Å². The molecule has 5 heterocycles. The first kappa shape index (κ1) is 24.3. The highest BCUT2D eigenvalue weighted by molar-refractivity contribution is 9.10. The van der Waals surface area contributed by atoms with E-state index in [1.54, 1.807) is 38.5 Å². The highest BCUT2D eigenvalue weighted by Gasteiger charge is 2.06. The van der Waals surface area contributed by atoms with Crippen molar-refractivity contribution in [2.75, 3.05) is 0 Å². The molecule has 0 bridgehead atoms. The molecule has 5 aromatic heterocycles. The van der Waals surface area contributed by atoms with Crippen LogP contribution in [0.2, 0.25) is 0 Å². The molecule has 0 radical (unpaired) electrons. The highest BCUT2D eigenvalue weighted by atomic mass is 79.9. The summed E-state index contributed by atoms with van der Waals surface area (Å²) >= 11 is 3.38. The van der Waals surface area contributed by atoms with Gasteiger partial charge in [-0.05, 0) is 28.8 Å². The van der Waals surface area contributed by atoms with Crippen molar-refractivity contribution in [3.63, 3.8) is 0 Å². The van der Waals surface area contributed by atoms with Gasteiger partial charge in [-0.15, -0.1) is 0 Å². The SMILES string of the molecule is Cn1cc(-c2ccc(-c3cn4cncc4c(=O)[nH]3)cc2)cn1.O=c1[nH]c(-c2ccc(Br)cc2)cn2cncc12. The van der Waals surface area contributed by atoms with Crippen LogP contribution in [0, 0.1) is 0 Å². The monoisotopic (exact) mass is 580 g/mol. The van der Waals surface area contributed by atoms with Crippen LogP contribution in [0.4, 0.5) is 0 Å². The minimum atomic E-state index is -0.147. The number of aromatic amines is 2. The summed E-state index contributed by atoms with van der Waals surface area (Å²) in [6.07, 6.45) is 13.8. The number of hydrogen-bond donors (Lipinski definition) is 2. The first-order chi connectivity index (χ1) is 18.9. The van der Waals surface area contributed by atoms with Crippen LogP contribution >= 0.6 is 15.9 Å². The van der Waals surface area contributed by atoms with E-state index in [-0.39, 0.29) is 11.1 Å². The Labute approximate surface area is 229 Å². The lowest BCUT2D eigenvalue weighted by atomic mass is 10.1. The number of aromatic nitrogens is 8. The summed E-state index contributed by atoms with van der Waals surface area (Å²) in [6, 6.07) is 15.8. The van der Waals surface area contributed by atoms with Gasteiger partial charge in [0.2, 0.25) is 0 Å². The van der Waals surface area contributed by atoms with Crippen LogP contribution in [0.25, 0.3) is 44.7 Å². The average molecular weight is 581 g/mol. The Kier molecular flexibility index (Phi) is 6.25. The molecule has 11 heteroatoms. The second-order valence-corrected chi connectivity index (χ2v) is 9.77. The summed E-state index contributed by atoms with van der Waals surface area (Å²) in [5.74, 6) is 0. The number of fused-ring (bicyclic) bond motifs is 2. The minimum absolute atomic E-state index is 0.136. The lowest BCUT2D eigenvalue weighted by Gasteiger charge is -2.04. The molecular formula is C28H21BrN8O2. The van der Waals surface area contributed by atoms with Gasteiger partial charge in [-0.3, -0.25) is 23.1 Å². The van der Waals surface area contributed by atoms with Gasteiger partial charge in [-0.25, -0.2) is 9.97 Å². The van der Waals surface area contributed by atoms with E-state index in [1.165, 1.54) is 0 Å². The number of hydrogen-bond acceptors (Lipinski definition) is 5. The van der Waals surface area contributed by atoms with Crippen LogP contribution in [0.1, 0.15) is 0 Å². The maximum Gasteiger partial charge on any atom is 0.274 e. The van der Waals surface area contributed by atoms with Crippen LogP contribution in [-0.2, 0) is 7.05 Å². The number of nitrogens with zero attached hydrogens (tertiary/aromatic N) is 6. The molecule has 0 saturated heterocycles. The number of rotatable bonds is 3. The van der Waals surface area contributed by atoms with Crippen LogP contribution in [0.5, 0.6) is 0 Å². The summed E-state index contributed by atoms with van der Waals surface area (Å²) in [7, 11) is 1.89. The number of benzene rings is 2. The van der Waals surface area contributed by atoms with Gasteiger partial charge in [0.15, 0.2) is 0 Å². The van der Waals surface area contributed by atoms with Crippen molar-refractivity contribution in [2.45, 2.75) is 0 Å². The topological polar surface area (TPSA) is 118 Å². The normalized spacial score (nSPS) is 11.0. The smallest absolute Gasteiger partial charge is 0.274 e. The number of nitrogens with one attached hydrogen (secondary N) is 2. The lowest BCUT2D eigenvalue weighted by Crippen LogP contribution is -2.09. The predicted octanol–water partition coefficient (Wildman–Crippen LogP) is 4.54. The first-order valence-electron chi connectivity index (χ1n) is 11.9. The van der Waals surface area contributed by atoms with Crippen molar-refractivity contribution < 1.29 is 0 Å². The van der Waals surface area contributed by atoms with Gasteiger partial charge < -0.3 is 9.97 Å². The molecule has 0 aliphatic rings. The Morgan fingerprint density at radius 1 is 0.641 bits per heavy atom. The van der Waals surface area contributed by atoms with Gasteiger partial charge in [-0.1, -0.05) is 52.3 Å². The zero-order chi connectivity index (χ0) is 26.9. The van der Waals surface area contributed by atoms with Gasteiger partial charge in [0.25, 0.3) is 11.1 Å². The van der Waals surface area contributed by atoms with Gasteiger partial charge in [-0.2, -0.15) is 5.10 Å². The molecular weight excluding hydrogens is 560 g/mol. The minimum Gasteiger partial charge on any atom is -0.319 e. The van der Waals surface area contributed by atoms with Crippen molar-refractivity contribution in [3.8, 4) is 33.6 Å². The Balaban J connectivity index is 0.000000147. The van der Waals surface area contributed by atoms with E-state index >= 15 is 0 Å². The van der Waals surface area contributed by atoms with E-state index in [1.807, 2.05) is 80.4 Å². The fourth-order valence-electron chi connectivity index (χ4n) is 4.22.